The van der Waals surface area contributed by atoms with Crippen molar-refractivity contribution in [1.82, 2.24) is 9.88 Å². The molecule has 1 saturated heterocycles. The number of rotatable bonds is 2. The van der Waals surface area contributed by atoms with Gasteiger partial charge < -0.3 is 15.5 Å². The number of hydrogen-bond donors (Lipinski definition) is 1. The molecule has 2 heterocycles. The van der Waals surface area contributed by atoms with Gasteiger partial charge in [0, 0.05) is 48.5 Å². The van der Waals surface area contributed by atoms with Crippen LogP contribution in [0.2, 0.25) is 5.02 Å². The Kier molecular flexibility index (Phi) is 3.78. The molecule has 1 aliphatic heterocycles. The van der Waals surface area contributed by atoms with Crippen molar-refractivity contribution >= 4 is 28.2 Å². The number of anilines is 1. The molecule has 1 unspecified atom stereocenters. The van der Waals surface area contributed by atoms with Crippen LogP contribution in [0.15, 0.2) is 30.5 Å². The van der Waals surface area contributed by atoms with Crippen molar-refractivity contribution in [3.63, 3.8) is 0 Å². The standard InChI is InChI=1S/C15H19ClN4/c1-19-6-7-20(12(9-17)10-19)15-4-5-18-14-8-11(16)2-3-13(14)15/h2-5,8,12H,6-7,9-10,17H2,1H3. The number of aromatic nitrogens is 1. The molecular weight excluding hydrogens is 272 g/mol. The molecule has 0 spiro atoms. The monoisotopic (exact) mass is 290 g/mol. The third-order valence-electron chi connectivity index (χ3n) is 3.95. The summed E-state index contributed by atoms with van der Waals surface area (Å²) in [5.41, 5.74) is 8.10. The highest BCUT2D eigenvalue weighted by molar-refractivity contribution is 6.31. The summed E-state index contributed by atoms with van der Waals surface area (Å²) in [5, 5.41) is 1.86. The Morgan fingerprint density at radius 2 is 2.20 bits per heavy atom. The summed E-state index contributed by atoms with van der Waals surface area (Å²) >= 11 is 6.05. The van der Waals surface area contributed by atoms with Crippen LogP contribution in [0.5, 0.6) is 0 Å². The van der Waals surface area contributed by atoms with Crippen LogP contribution in [0.3, 0.4) is 0 Å². The summed E-state index contributed by atoms with van der Waals surface area (Å²) < 4.78 is 0. The number of fused-ring (bicyclic) bond motifs is 1. The molecule has 0 amide bonds. The normalized spacial score (nSPS) is 20.6. The van der Waals surface area contributed by atoms with E-state index in [1.807, 2.05) is 24.4 Å². The van der Waals surface area contributed by atoms with E-state index in [0.717, 1.165) is 35.6 Å². The second-order valence-electron chi connectivity index (χ2n) is 5.34. The summed E-state index contributed by atoms with van der Waals surface area (Å²) in [5.74, 6) is 0. The minimum absolute atomic E-state index is 0.343. The third kappa shape index (κ3) is 2.46. The van der Waals surface area contributed by atoms with Crippen molar-refractivity contribution in [1.29, 1.82) is 0 Å². The van der Waals surface area contributed by atoms with E-state index >= 15 is 0 Å². The number of pyridine rings is 1. The average molecular weight is 291 g/mol. The minimum Gasteiger partial charge on any atom is -0.364 e. The van der Waals surface area contributed by atoms with Gasteiger partial charge in [0.15, 0.2) is 0 Å². The molecule has 5 heteroatoms. The number of nitrogens with zero attached hydrogens (tertiary/aromatic N) is 3. The Hall–Kier alpha value is -1.36. The molecule has 20 heavy (non-hydrogen) atoms. The summed E-state index contributed by atoms with van der Waals surface area (Å²) in [4.78, 5) is 9.14. The van der Waals surface area contributed by atoms with Crippen LogP contribution < -0.4 is 10.6 Å². The van der Waals surface area contributed by atoms with E-state index in [0.29, 0.717) is 12.6 Å². The predicted octanol–water partition coefficient (Wildman–Crippen LogP) is 1.97. The van der Waals surface area contributed by atoms with Gasteiger partial charge in [-0.15, -0.1) is 0 Å². The van der Waals surface area contributed by atoms with E-state index in [9.17, 15) is 0 Å². The SMILES string of the molecule is CN1CCN(c2ccnc3cc(Cl)ccc23)C(CN)C1. The number of halogens is 1. The van der Waals surface area contributed by atoms with Gasteiger partial charge in [-0.05, 0) is 31.3 Å². The van der Waals surface area contributed by atoms with Gasteiger partial charge in [-0.2, -0.15) is 0 Å². The lowest BCUT2D eigenvalue weighted by molar-refractivity contribution is 0.270. The first-order chi connectivity index (χ1) is 9.69. The zero-order valence-corrected chi connectivity index (χ0v) is 12.3. The average Bonchev–Trinajstić information content (AvgIpc) is 2.46. The van der Waals surface area contributed by atoms with Crippen molar-refractivity contribution in [2.75, 3.05) is 38.1 Å². The van der Waals surface area contributed by atoms with Crippen LogP contribution >= 0.6 is 11.6 Å². The van der Waals surface area contributed by atoms with E-state index in [1.54, 1.807) is 0 Å². The number of nitrogens with two attached hydrogens (primary N) is 1. The number of likely N-dealkylation sites (N-methyl/N-ethyl adjacent to an activating group) is 1. The van der Waals surface area contributed by atoms with Crippen LogP contribution in [0, 0.1) is 0 Å². The molecule has 3 rings (SSSR count). The molecule has 1 aromatic carbocycles. The lowest BCUT2D eigenvalue weighted by atomic mass is 10.1. The van der Waals surface area contributed by atoms with Crippen LogP contribution in [-0.2, 0) is 0 Å². The fourth-order valence-corrected chi connectivity index (χ4v) is 3.05. The lowest BCUT2D eigenvalue weighted by Crippen LogP contribution is -2.55. The van der Waals surface area contributed by atoms with Crippen LogP contribution in [0.1, 0.15) is 0 Å². The first-order valence-corrected chi connectivity index (χ1v) is 7.26. The molecule has 0 bridgehead atoms. The van der Waals surface area contributed by atoms with Gasteiger partial charge >= 0.3 is 0 Å². The lowest BCUT2D eigenvalue weighted by Gasteiger charge is -2.41. The topological polar surface area (TPSA) is 45.4 Å². The fourth-order valence-electron chi connectivity index (χ4n) is 2.89. The summed E-state index contributed by atoms with van der Waals surface area (Å²) in [6.45, 7) is 3.68. The summed E-state index contributed by atoms with van der Waals surface area (Å²) in [6.07, 6.45) is 1.85. The van der Waals surface area contributed by atoms with Crippen molar-refractivity contribution in [2.45, 2.75) is 6.04 Å². The molecular formula is C15H19ClN4. The highest BCUT2D eigenvalue weighted by Gasteiger charge is 2.25. The largest absolute Gasteiger partial charge is 0.364 e. The van der Waals surface area contributed by atoms with Gasteiger partial charge in [0.25, 0.3) is 0 Å². The van der Waals surface area contributed by atoms with Crippen molar-refractivity contribution in [2.24, 2.45) is 5.73 Å². The van der Waals surface area contributed by atoms with Gasteiger partial charge in [-0.25, -0.2) is 0 Å². The Labute approximate surface area is 124 Å². The van der Waals surface area contributed by atoms with E-state index in [-0.39, 0.29) is 0 Å². The first kappa shape index (κ1) is 13.6. The van der Waals surface area contributed by atoms with Crippen molar-refractivity contribution in [3.8, 4) is 0 Å². The van der Waals surface area contributed by atoms with Crippen molar-refractivity contribution in [3.05, 3.63) is 35.5 Å². The number of piperazine rings is 1. The zero-order chi connectivity index (χ0) is 14.1. The Morgan fingerprint density at radius 1 is 1.35 bits per heavy atom. The first-order valence-electron chi connectivity index (χ1n) is 6.88. The van der Waals surface area contributed by atoms with Crippen LogP contribution in [-0.4, -0.2) is 49.2 Å². The van der Waals surface area contributed by atoms with Gasteiger partial charge in [-0.1, -0.05) is 11.6 Å². The van der Waals surface area contributed by atoms with E-state index < -0.39 is 0 Å². The van der Waals surface area contributed by atoms with Gasteiger partial charge in [0.1, 0.15) is 0 Å². The van der Waals surface area contributed by atoms with Gasteiger partial charge in [0.2, 0.25) is 0 Å². The molecule has 106 valence electrons. The number of hydrogen-bond acceptors (Lipinski definition) is 4. The van der Waals surface area contributed by atoms with Crippen molar-refractivity contribution < 1.29 is 0 Å². The number of benzene rings is 1. The van der Waals surface area contributed by atoms with Crippen LogP contribution in [0.25, 0.3) is 10.9 Å². The minimum atomic E-state index is 0.343. The second kappa shape index (κ2) is 5.56. The Morgan fingerprint density at radius 3 is 3.00 bits per heavy atom. The molecule has 1 aromatic heterocycles. The van der Waals surface area contributed by atoms with Gasteiger partial charge in [0.05, 0.1) is 11.6 Å². The molecule has 0 radical (unpaired) electrons. The second-order valence-corrected chi connectivity index (χ2v) is 5.77. The maximum absolute atomic E-state index is 6.05. The molecule has 0 aliphatic carbocycles. The third-order valence-corrected chi connectivity index (χ3v) is 4.18. The molecule has 1 aliphatic rings. The Bertz CT molecular complexity index is 616. The quantitative estimate of drug-likeness (QED) is 0.918. The Balaban J connectivity index is 2.05. The molecule has 4 nitrogen and oxygen atoms in total. The molecule has 1 atom stereocenters. The zero-order valence-electron chi connectivity index (χ0n) is 11.6. The maximum Gasteiger partial charge on any atom is 0.0737 e. The van der Waals surface area contributed by atoms with Crippen LogP contribution in [0.4, 0.5) is 5.69 Å². The fraction of sp³-hybridized carbons (Fsp3) is 0.400. The predicted molar refractivity (Wildman–Crippen MR) is 84.4 cm³/mol. The molecule has 2 aromatic rings. The summed E-state index contributed by atoms with van der Waals surface area (Å²) in [7, 11) is 2.14. The molecule has 0 saturated carbocycles. The molecule has 2 N–H and O–H groups in total. The van der Waals surface area contributed by atoms with Gasteiger partial charge in [-0.3, -0.25) is 4.98 Å². The smallest absolute Gasteiger partial charge is 0.0737 e. The summed E-state index contributed by atoms with van der Waals surface area (Å²) in [6, 6.07) is 8.29. The maximum atomic E-state index is 6.05. The highest BCUT2D eigenvalue weighted by Crippen LogP contribution is 2.29. The molecule has 1 fully saturated rings. The highest BCUT2D eigenvalue weighted by atomic mass is 35.5. The van der Waals surface area contributed by atoms with E-state index in [4.69, 9.17) is 17.3 Å². The van der Waals surface area contributed by atoms with E-state index in [1.165, 1.54) is 5.69 Å². The van der Waals surface area contributed by atoms with E-state index in [2.05, 4.69) is 27.9 Å².